The van der Waals surface area contributed by atoms with Crippen LogP contribution in [0.3, 0.4) is 0 Å². The molecule has 3 aromatic rings. The Balaban J connectivity index is 1.57. The molecule has 3 aromatic carbocycles. The Morgan fingerprint density at radius 3 is 1.75 bits per heavy atom. The zero-order valence-corrected chi connectivity index (χ0v) is 15.6. The van der Waals surface area contributed by atoms with Gasteiger partial charge in [0, 0.05) is 32.2 Å². The van der Waals surface area contributed by atoms with Gasteiger partial charge in [-0.3, -0.25) is 15.0 Å². The summed E-state index contributed by atoms with van der Waals surface area (Å²) < 4.78 is 0. The van der Waals surface area contributed by atoms with Crippen LogP contribution in [0.25, 0.3) is 0 Å². The van der Waals surface area contributed by atoms with Gasteiger partial charge in [-0.2, -0.15) is 0 Å². The van der Waals surface area contributed by atoms with Crippen molar-refractivity contribution in [1.29, 1.82) is 0 Å². The summed E-state index contributed by atoms with van der Waals surface area (Å²) in [5.41, 5.74) is 3.43. The number of rotatable bonds is 5. The Morgan fingerprint density at radius 1 is 0.714 bits per heavy atom. The van der Waals surface area contributed by atoms with E-state index in [9.17, 15) is 10.1 Å². The maximum absolute atomic E-state index is 11.4. The maximum Gasteiger partial charge on any atom is 0.292 e. The van der Waals surface area contributed by atoms with Crippen molar-refractivity contribution in [1.82, 2.24) is 4.90 Å². The normalized spacial score (nSPS) is 15.0. The first kappa shape index (κ1) is 18.2. The highest BCUT2D eigenvalue weighted by atomic mass is 16.6. The van der Waals surface area contributed by atoms with Crippen molar-refractivity contribution in [2.75, 3.05) is 31.1 Å². The van der Waals surface area contributed by atoms with E-state index in [4.69, 9.17) is 0 Å². The Kier molecular flexibility index (Phi) is 5.35. The molecule has 0 radical (unpaired) electrons. The molecule has 0 spiro atoms. The van der Waals surface area contributed by atoms with Gasteiger partial charge < -0.3 is 4.90 Å². The Labute approximate surface area is 165 Å². The molecule has 1 fully saturated rings. The molecule has 0 bridgehead atoms. The first-order chi connectivity index (χ1) is 13.7. The predicted molar refractivity (Wildman–Crippen MR) is 112 cm³/mol. The van der Waals surface area contributed by atoms with E-state index in [2.05, 4.69) is 58.3 Å². The molecular weight excluding hydrogens is 350 g/mol. The van der Waals surface area contributed by atoms with Crippen LogP contribution in [0.15, 0.2) is 84.9 Å². The van der Waals surface area contributed by atoms with E-state index >= 15 is 0 Å². The third-order valence-electron chi connectivity index (χ3n) is 5.33. The summed E-state index contributed by atoms with van der Waals surface area (Å²) in [6, 6.07) is 28.3. The fraction of sp³-hybridized carbons (Fsp3) is 0.217. The number of hydrogen-bond acceptors (Lipinski definition) is 4. The lowest BCUT2D eigenvalue weighted by atomic mass is 9.96. The van der Waals surface area contributed by atoms with Gasteiger partial charge in [-0.05, 0) is 17.2 Å². The summed E-state index contributed by atoms with van der Waals surface area (Å²) in [7, 11) is 0. The van der Waals surface area contributed by atoms with Crippen LogP contribution in [0.2, 0.25) is 0 Å². The largest absolute Gasteiger partial charge is 0.363 e. The average Bonchev–Trinajstić information content (AvgIpc) is 2.76. The lowest BCUT2D eigenvalue weighted by Gasteiger charge is -2.40. The number of para-hydroxylation sites is 2. The van der Waals surface area contributed by atoms with Crippen LogP contribution >= 0.6 is 0 Å². The smallest absolute Gasteiger partial charge is 0.292 e. The third kappa shape index (κ3) is 3.75. The maximum atomic E-state index is 11.4. The number of nitro benzene ring substituents is 1. The van der Waals surface area contributed by atoms with Crippen LogP contribution in [0.4, 0.5) is 11.4 Å². The van der Waals surface area contributed by atoms with E-state index < -0.39 is 0 Å². The van der Waals surface area contributed by atoms with Crippen molar-refractivity contribution < 1.29 is 4.92 Å². The van der Waals surface area contributed by atoms with E-state index in [0.717, 1.165) is 26.2 Å². The molecule has 0 amide bonds. The molecule has 5 nitrogen and oxygen atoms in total. The quantitative estimate of drug-likeness (QED) is 0.488. The minimum atomic E-state index is -0.293. The molecule has 5 heteroatoms. The van der Waals surface area contributed by atoms with Gasteiger partial charge >= 0.3 is 0 Å². The van der Waals surface area contributed by atoms with Gasteiger partial charge in [0.25, 0.3) is 5.69 Å². The highest BCUT2D eigenvalue weighted by Crippen LogP contribution is 2.32. The van der Waals surface area contributed by atoms with E-state index in [-0.39, 0.29) is 16.7 Å². The predicted octanol–water partition coefficient (Wildman–Crippen LogP) is 4.51. The van der Waals surface area contributed by atoms with Crippen molar-refractivity contribution in [3.8, 4) is 0 Å². The first-order valence-electron chi connectivity index (χ1n) is 9.56. The number of hydrogen-bond donors (Lipinski definition) is 0. The number of benzene rings is 3. The molecule has 1 aliphatic heterocycles. The van der Waals surface area contributed by atoms with Crippen LogP contribution < -0.4 is 4.90 Å². The van der Waals surface area contributed by atoms with E-state index in [1.807, 2.05) is 24.3 Å². The summed E-state index contributed by atoms with van der Waals surface area (Å²) in [4.78, 5) is 15.7. The van der Waals surface area contributed by atoms with Crippen molar-refractivity contribution >= 4 is 11.4 Å². The Hall–Kier alpha value is -3.18. The molecule has 0 aliphatic carbocycles. The molecular formula is C23H23N3O2. The van der Waals surface area contributed by atoms with Crippen LogP contribution in [0.5, 0.6) is 0 Å². The average molecular weight is 373 g/mol. The van der Waals surface area contributed by atoms with Gasteiger partial charge in [-0.25, -0.2) is 0 Å². The minimum absolute atomic E-state index is 0.179. The second-order valence-electron chi connectivity index (χ2n) is 6.99. The van der Waals surface area contributed by atoms with Gasteiger partial charge in [-0.1, -0.05) is 72.8 Å². The first-order valence-corrected chi connectivity index (χ1v) is 9.56. The number of nitro groups is 1. The molecule has 1 saturated heterocycles. The molecule has 0 unspecified atom stereocenters. The second-order valence-corrected chi connectivity index (χ2v) is 6.99. The molecule has 0 N–H and O–H groups in total. The lowest BCUT2D eigenvalue weighted by Crippen LogP contribution is -2.48. The number of piperazine rings is 1. The van der Waals surface area contributed by atoms with Gasteiger partial charge in [0.15, 0.2) is 0 Å². The molecule has 4 rings (SSSR count). The topological polar surface area (TPSA) is 49.6 Å². The highest BCUT2D eigenvalue weighted by molar-refractivity contribution is 5.63. The van der Waals surface area contributed by atoms with Crippen LogP contribution in [0, 0.1) is 10.1 Å². The van der Waals surface area contributed by atoms with Crippen molar-refractivity contribution in [3.05, 3.63) is 106 Å². The summed E-state index contributed by atoms with van der Waals surface area (Å²) in [6.07, 6.45) is 0. The molecule has 142 valence electrons. The van der Waals surface area contributed by atoms with Crippen molar-refractivity contribution in [2.24, 2.45) is 0 Å². The van der Waals surface area contributed by atoms with Gasteiger partial charge in [-0.15, -0.1) is 0 Å². The highest BCUT2D eigenvalue weighted by Gasteiger charge is 2.28. The SMILES string of the molecule is O=[N+]([O-])c1ccccc1N1CCN(C(c2ccccc2)c2ccccc2)CC1. The van der Waals surface area contributed by atoms with Gasteiger partial charge in [0.1, 0.15) is 5.69 Å². The zero-order valence-electron chi connectivity index (χ0n) is 15.6. The molecule has 0 atom stereocenters. The number of anilines is 1. The fourth-order valence-electron chi connectivity index (χ4n) is 3.99. The molecule has 1 aliphatic rings. The zero-order chi connectivity index (χ0) is 19.3. The van der Waals surface area contributed by atoms with E-state index in [0.29, 0.717) is 5.69 Å². The lowest BCUT2D eigenvalue weighted by molar-refractivity contribution is -0.384. The molecule has 28 heavy (non-hydrogen) atoms. The van der Waals surface area contributed by atoms with E-state index in [1.165, 1.54) is 11.1 Å². The summed E-state index contributed by atoms with van der Waals surface area (Å²) in [5, 5.41) is 11.4. The standard InChI is InChI=1S/C23H23N3O2/c27-26(28)22-14-8-7-13-21(22)24-15-17-25(18-16-24)23(19-9-3-1-4-10-19)20-11-5-2-6-12-20/h1-14,23H,15-18H2. The minimum Gasteiger partial charge on any atom is -0.363 e. The van der Waals surface area contributed by atoms with Gasteiger partial charge in [0.05, 0.1) is 11.0 Å². The molecule has 0 saturated carbocycles. The van der Waals surface area contributed by atoms with Gasteiger partial charge in [0.2, 0.25) is 0 Å². The Morgan fingerprint density at radius 2 is 1.21 bits per heavy atom. The second kappa shape index (κ2) is 8.23. The van der Waals surface area contributed by atoms with Crippen molar-refractivity contribution in [2.45, 2.75) is 6.04 Å². The van der Waals surface area contributed by atoms with E-state index in [1.54, 1.807) is 12.1 Å². The summed E-state index contributed by atoms with van der Waals surface area (Å²) in [5.74, 6) is 0. The van der Waals surface area contributed by atoms with Crippen LogP contribution in [0.1, 0.15) is 17.2 Å². The summed E-state index contributed by atoms with van der Waals surface area (Å²) >= 11 is 0. The fourth-order valence-corrected chi connectivity index (χ4v) is 3.99. The molecule has 1 heterocycles. The monoisotopic (exact) mass is 373 g/mol. The summed E-state index contributed by atoms with van der Waals surface area (Å²) in [6.45, 7) is 3.23. The third-order valence-corrected chi connectivity index (χ3v) is 5.33. The van der Waals surface area contributed by atoms with Crippen LogP contribution in [-0.2, 0) is 0 Å². The Bertz CT molecular complexity index is 883. The van der Waals surface area contributed by atoms with Crippen LogP contribution in [-0.4, -0.2) is 36.0 Å². The van der Waals surface area contributed by atoms with Crippen molar-refractivity contribution in [3.63, 3.8) is 0 Å². The number of nitrogens with zero attached hydrogens (tertiary/aromatic N) is 3. The molecule has 0 aromatic heterocycles.